The molecule has 0 saturated carbocycles. The number of hydrogen-bond acceptors (Lipinski definition) is 5. The summed E-state index contributed by atoms with van der Waals surface area (Å²) in [6.45, 7) is 1.70. The quantitative estimate of drug-likeness (QED) is 0.845. The van der Waals surface area contributed by atoms with Crippen LogP contribution in [0.25, 0.3) is 0 Å². The molecule has 6 nitrogen and oxygen atoms in total. The van der Waals surface area contributed by atoms with Gasteiger partial charge in [-0.3, -0.25) is 4.79 Å². The van der Waals surface area contributed by atoms with E-state index in [1.165, 1.54) is 6.07 Å². The van der Waals surface area contributed by atoms with Gasteiger partial charge < -0.3 is 10.4 Å². The third-order valence-corrected chi connectivity index (χ3v) is 3.48. The van der Waals surface area contributed by atoms with Crippen LogP contribution in [0.3, 0.4) is 0 Å². The molecule has 0 atom stereocenters. The van der Waals surface area contributed by atoms with Crippen LogP contribution in [-0.4, -0.2) is 37.4 Å². The lowest BCUT2D eigenvalue weighted by atomic mass is 10.3. The molecular weight excluding hydrogens is 266 g/mol. The molecule has 0 spiro atoms. The first-order valence-corrected chi connectivity index (χ1v) is 7.38. The second-order valence-electron chi connectivity index (χ2n) is 3.52. The Hall–Kier alpha value is -1.41. The monoisotopic (exact) mass is 277 g/mol. The lowest BCUT2D eigenvalue weighted by Gasteiger charge is -2.02. The van der Waals surface area contributed by atoms with Crippen LogP contribution >= 0.6 is 11.3 Å². The number of aromatic carboxylic acids is 1. The molecule has 0 radical (unpaired) electrons. The zero-order chi connectivity index (χ0) is 13.2. The molecule has 8 heteroatoms. The predicted molar refractivity (Wildman–Crippen MR) is 64.4 cm³/mol. The summed E-state index contributed by atoms with van der Waals surface area (Å²) in [4.78, 5) is 22.9. The fourth-order valence-corrected chi connectivity index (χ4v) is 2.64. The molecule has 0 aliphatic heterocycles. The first kappa shape index (κ1) is 13.7. The second kappa shape index (κ2) is 4.84. The average Bonchev–Trinajstić information content (AvgIpc) is 2.42. The summed E-state index contributed by atoms with van der Waals surface area (Å²) < 4.78 is 21.8. The molecule has 2 N–H and O–H groups in total. The lowest BCUT2D eigenvalue weighted by molar-refractivity contribution is -0.113. The zero-order valence-corrected chi connectivity index (χ0v) is 10.8. The van der Waals surface area contributed by atoms with Crippen LogP contribution in [0.5, 0.6) is 0 Å². The smallest absolute Gasteiger partial charge is 0.338 e. The SMILES string of the molecule is Cc1cc(C(=O)O)c(NC(=O)CS(C)(=O)=O)s1. The van der Waals surface area contributed by atoms with Crippen LogP contribution in [0.15, 0.2) is 6.07 Å². The maximum atomic E-state index is 11.3. The molecule has 0 unspecified atom stereocenters. The number of amides is 1. The van der Waals surface area contributed by atoms with Crippen LogP contribution in [0.1, 0.15) is 15.2 Å². The van der Waals surface area contributed by atoms with Crippen molar-refractivity contribution in [3.63, 3.8) is 0 Å². The van der Waals surface area contributed by atoms with E-state index in [4.69, 9.17) is 5.11 Å². The Morgan fingerprint density at radius 1 is 1.47 bits per heavy atom. The van der Waals surface area contributed by atoms with Crippen molar-refractivity contribution in [2.45, 2.75) is 6.92 Å². The molecule has 0 saturated heterocycles. The minimum atomic E-state index is -3.42. The number of carboxylic acid groups (broad SMARTS) is 1. The molecule has 0 bridgehead atoms. The van der Waals surface area contributed by atoms with E-state index in [0.29, 0.717) is 0 Å². The summed E-state index contributed by atoms with van der Waals surface area (Å²) in [6, 6.07) is 1.42. The van der Waals surface area contributed by atoms with E-state index in [-0.39, 0.29) is 10.6 Å². The van der Waals surface area contributed by atoms with Crippen molar-refractivity contribution >= 4 is 38.1 Å². The van der Waals surface area contributed by atoms with Gasteiger partial charge in [0.15, 0.2) is 9.84 Å². The van der Waals surface area contributed by atoms with E-state index in [2.05, 4.69) is 5.32 Å². The molecule has 1 aromatic rings. The van der Waals surface area contributed by atoms with Crippen LogP contribution in [0, 0.1) is 6.92 Å². The number of hydrogen-bond donors (Lipinski definition) is 2. The zero-order valence-electron chi connectivity index (χ0n) is 9.18. The summed E-state index contributed by atoms with van der Waals surface area (Å²) in [6.07, 6.45) is 0.935. The van der Waals surface area contributed by atoms with Gasteiger partial charge in [-0.2, -0.15) is 0 Å². The van der Waals surface area contributed by atoms with Gasteiger partial charge in [0.25, 0.3) is 0 Å². The third-order valence-electron chi connectivity index (χ3n) is 1.73. The molecule has 1 amide bonds. The van der Waals surface area contributed by atoms with E-state index in [0.717, 1.165) is 22.5 Å². The van der Waals surface area contributed by atoms with E-state index in [1.54, 1.807) is 6.92 Å². The van der Waals surface area contributed by atoms with Crippen LogP contribution in [0.2, 0.25) is 0 Å². The minimum absolute atomic E-state index is 0.0330. The van der Waals surface area contributed by atoms with Gasteiger partial charge in [0.05, 0.1) is 5.56 Å². The van der Waals surface area contributed by atoms with E-state index in [9.17, 15) is 18.0 Å². The Morgan fingerprint density at radius 2 is 2.06 bits per heavy atom. The summed E-state index contributed by atoms with van der Waals surface area (Å²) in [5.41, 5.74) is -0.0330. The normalized spacial score (nSPS) is 11.2. The molecule has 94 valence electrons. The van der Waals surface area contributed by atoms with Gasteiger partial charge in [-0.25, -0.2) is 13.2 Å². The van der Waals surface area contributed by atoms with Gasteiger partial charge in [-0.1, -0.05) is 0 Å². The Kier molecular flexibility index (Phi) is 3.89. The standard InChI is InChI=1S/C9H11NO5S2/c1-5-3-6(9(12)13)8(16-5)10-7(11)4-17(2,14)15/h3H,4H2,1-2H3,(H,10,11)(H,12,13). The Labute approximate surface area is 102 Å². The highest BCUT2D eigenvalue weighted by atomic mass is 32.2. The molecule has 0 aromatic carbocycles. The molecular formula is C9H11NO5S2. The Bertz CT molecular complexity index is 558. The van der Waals surface area contributed by atoms with Crippen LogP contribution in [0.4, 0.5) is 5.00 Å². The second-order valence-corrected chi connectivity index (χ2v) is 6.92. The van der Waals surface area contributed by atoms with Gasteiger partial charge in [-0.15, -0.1) is 11.3 Å². The fraction of sp³-hybridized carbons (Fsp3) is 0.333. The number of sulfone groups is 1. The number of carbonyl (C=O) groups is 2. The number of rotatable bonds is 4. The first-order chi connectivity index (χ1) is 7.69. The highest BCUT2D eigenvalue weighted by Crippen LogP contribution is 2.27. The fourth-order valence-electron chi connectivity index (χ4n) is 1.17. The maximum Gasteiger partial charge on any atom is 0.338 e. The van der Waals surface area contributed by atoms with Crippen LogP contribution < -0.4 is 5.32 Å². The maximum absolute atomic E-state index is 11.3. The van der Waals surface area contributed by atoms with E-state index in [1.807, 2.05) is 0 Å². The van der Waals surface area contributed by atoms with E-state index >= 15 is 0 Å². The van der Waals surface area contributed by atoms with Gasteiger partial charge >= 0.3 is 5.97 Å². The summed E-state index contributed by atoms with van der Waals surface area (Å²) in [5.74, 6) is -2.57. The van der Waals surface area contributed by atoms with Gasteiger partial charge in [0.1, 0.15) is 10.8 Å². The van der Waals surface area contributed by atoms with Gasteiger partial charge in [0, 0.05) is 11.1 Å². The van der Waals surface area contributed by atoms with Crippen molar-refractivity contribution in [2.75, 3.05) is 17.3 Å². The summed E-state index contributed by atoms with van der Waals surface area (Å²) >= 11 is 1.09. The third kappa shape index (κ3) is 4.16. The van der Waals surface area contributed by atoms with Crippen molar-refractivity contribution in [2.24, 2.45) is 0 Å². The average molecular weight is 277 g/mol. The number of carbonyl (C=O) groups excluding carboxylic acids is 1. The van der Waals surface area contributed by atoms with Crippen molar-refractivity contribution in [1.82, 2.24) is 0 Å². The lowest BCUT2D eigenvalue weighted by Crippen LogP contribution is -2.22. The molecule has 1 rings (SSSR count). The highest BCUT2D eigenvalue weighted by Gasteiger charge is 2.17. The largest absolute Gasteiger partial charge is 0.478 e. The molecule has 0 fully saturated rings. The minimum Gasteiger partial charge on any atom is -0.478 e. The topological polar surface area (TPSA) is 101 Å². The number of anilines is 1. The summed E-state index contributed by atoms with van der Waals surface area (Å²) in [5, 5.41) is 11.3. The van der Waals surface area contributed by atoms with Crippen molar-refractivity contribution in [3.8, 4) is 0 Å². The summed E-state index contributed by atoms with van der Waals surface area (Å²) in [7, 11) is -3.42. The molecule has 0 aliphatic carbocycles. The Morgan fingerprint density at radius 3 is 2.53 bits per heavy atom. The van der Waals surface area contributed by atoms with Gasteiger partial charge in [0.2, 0.25) is 5.91 Å². The molecule has 0 aliphatic rings. The molecule has 1 aromatic heterocycles. The van der Waals surface area contributed by atoms with Gasteiger partial charge in [-0.05, 0) is 13.0 Å². The van der Waals surface area contributed by atoms with Crippen molar-refractivity contribution in [1.29, 1.82) is 0 Å². The molecule has 1 heterocycles. The van der Waals surface area contributed by atoms with Crippen molar-refractivity contribution < 1.29 is 23.1 Å². The number of thiophene rings is 1. The van der Waals surface area contributed by atoms with E-state index < -0.39 is 27.5 Å². The molecule has 17 heavy (non-hydrogen) atoms. The number of aryl methyl sites for hydroxylation is 1. The highest BCUT2D eigenvalue weighted by molar-refractivity contribution is 7.91. The van der Waals surface area contributed by atoms with Crippen molar-refractivity contribution in [3.05, 3.63) is 16.5 Å². The van der Waals surface area contributed by atoms with Crippen LogP contribution in [-0.2, 0) is 14.6 Å². The number of nitrogens with one attached hydrogen (secondary N) is 1. The number of carboxylic acids is 1. The Balaban J connectivity index is 2.89. The predicted octanol–water partition coefficient (Wildman–Crippen LogP) is 0.738. The first-order valence-electron chi connectivity index (χ1n) is 4.50.